The number of hydrogen-bond acceptors (Lipinski definition) is 3. The highest BCUT2D eigenvalue weighted by molar-refractivity contribution is 14.1. The molecule has 0 aliphatic carbocycles. The SMILES string of the molecule is CC(OC(=O)c1cc(I)cc(I)c1O)C(F)(F)F. The maximum absolute atomic E-state index is 12.2. The summed E-state index contributed by atoms with van der Waals surface area (Å²) in [6.07, 6.45) is -6.85. The van der Waals surface area contributed by atoms with Gasteiger partial charge in [0.05, 0.1) is 3.57 Å². The Balaban J connectivity index is 2.99. The lowest BCUT2D eigenvalue weighted by atomic mass is 10.2. The molecule has 0 saturated carbocycles. The van der Waals surface area contributed by atoms with Crippen molar-refractivity contribution >= 4 is 51.2 Å². The molecule has 1 aromatic carbocycles. The molecule has 0 radical (unpaired) electrons. The predicted octanol–water partition coefficient (Wildman–Crippen LogP) is 3.71. The molecule has 1 rings (SSSR count). The van der Waals surface area contributed by atoms with Gasteiger partial charge in [-0.2, -0.15) is 13.2 Å². The third-order valence-electron chi connectivity index (χ3n) is 1.99. The summed E-state index contributed by atoms with van der Waals surface area (Å²) in [7, 11) is 0. The lowest BCUT2D eigenvalue weighted by molar-refractivity contribution is -0.198. The standard InChI is InChI=1S/C10H7F3I2O3/c1-4(10(11,12)13)18-9(17)6-2-5(14)3-7(15)8(6)16/h2-4,16H,1H3. The minimum Gasteiger partial charge on any atom is -0.506 e. The molecule has 1 N–H and O–H groups in total. The summed E-state index contributed by atoms with van der Waals surface area (Å²) in [6.45, 7) is 0.730. The van der Waals surface area contributed by atoms with Gasteiger partial charge in [0.15, 0.2) is 6.10 Å². The average molecular weight is 486 g/mol. The van der Waals surface area contributed by atoms with Gasteiger partial charge >= 0.3 is 12.1 Å². The molecule has 1 atom stereocenters. The first-order valence-corrected chi connectivity index (χ1v) is 6.74. The summed E-state index contributed by atoms with van der Waals surface area (Å²) in [5, 5.41) is 9.62. The Morgan fingerprint density at radius 1 is 1.39 bits per heavy atom. The van der Waals surface area contributed by atoms with Gasteiger partial charge in [-0.15, -0.1) is 0 Å². The van der Waals surface area contributed by atoms with Crippen LogP contribution in [0, 0.1) is 7.14 Å². The number of phenolic OH excluding ortho intramolecular Hbond substituents is 1. The Hall–Kier alpha value is -0.260. The summed E-state index contributed by atoms with van der Waals surface area (Å²) in [4.78, 5) is 11.5. The maximum Gasteiger partial charge on any atom is 0.425 e. The molecule has 0 bridgehead atoms. The molecule has 3 nitrogen and oxygen atoms in total. The Bertz CT molecular complexity index is 474. The summed E-state index contributed by atoms with van der Waals surface area (Å²) in [6, 6.07) is 2.85. The smallest absolute Gasteiger partial charge is 0.425 e. The van der Waals surface area contributed by atoms with E-state index in [0.717, 1.165) is 6.92 Å². The summed E-state index contributed by atoms with van der Waals surface area (Å²) in [5.41, 5.74) is -0.276. The highest BCUT2D eigenvalue weighted by Crippen LogP contribution is 2.29. The second kappa shape index (κ2) is 5.80. The number of halogens is 5. The second-order valence-electron chi connectivity index (χ2n) is 3.37. The molecule has 0 aliphatic rings. The molecule has 0 heterocycles. The lowest BCUT2D eigenvalue weighted by Crippen LogP contribution is -2.31. The van der Waals surface area contributed by atoms with E-state index in [2.05, 4.69) is 4.74 Å². The number of esters is 1. The minimum atomic E-state index is -4.62. The molecule has 0 amide bonds. The van der Waals surface area contributed by atoms with Crippen molar-refractivity contribution in [2.45, 2.75) is 19.2 Å². The van der Waals surface area contributed by atoms with Crippen molar-refractivity contribution in [1.29, 1.82) is 0 Å². The fraction of sp³-hybridized carbons (Fsp3) is 0.300. The first-order chi connectivity index (χ1) is 8.12. The number of rotatable bonds is 2. The normalized spacial score (nSPS) is 13.2. The first kappa shape index (κ1) is 15.8. The van der Waals surface area contributed by atoms with E-state index >= 15 is 0 Å². The van der Waals surface area contributed by atoms with Crippen LogP contribution < -0.4 is 0 Å². The molecule has 1 aromatic rings. The predicted molar refractivity (Wildman–Crippen MR) is 74.5 cm³/mol. The fourth-order valence-corrected chi connectivity index (χ4v) is 2.86. The molecule has 18 heavy (non-hydrogen) atoms. The van der Waals surface area contributed by atoms with Crippen LogP contribution in [0.1, 0.15) is 17.3 Å². The van der Waals surface area contributed by atoms with Crippen LogP contribution in [0.3, 0.4) is 0 Å². The quantitative estimate of drug-likeness (QED) is 0.513. The molecule has 0 aliphatic heterocycles. The van der Waals surface area contributed by atoms with E-state index in [1.165, 1.54) is 6.07 Å². The van der Waals surface area contributed by atoms with E-state index in [0.29, 0.717) is 7.14 Å². The van der Waals surface area contributed by atoms with Crippen LogP contribution in [0.2, 0.25) is 0 Å². The Morgan fingerprint density at radius 3 is 2.44 bits per heavy atom. The number of phenols is 1. The molecular weight excluding hydrogens is 479 g/mol. The van der Waals surface area contributed by atoms with E-state index in [9.17, 15) is 23.1 Å². The van der Waals surface area contributed by atoms with Crippen LogP contribution in [0.5, 0.6) is 5.75 Å². The van der Waals surface area contributed by atoms with E-state index < -0.39 is 18.2 Å². The molecule has 0 spiro atoms. The van der Waals surface area contributed by atoms with Crippen LogP contribution in [0.4, 0.5) is 13.2 Å². The summed E-state index contributed by atoms with van der Waals surface area (Å²) < 4.78 is 42.0. The third-order valence-corrected chi connectivity index (χ3v) is 3.44. The van der Waals surface area contributed by atoms with Gasteiger partial charge in [-0.3, -0.25) is 0 Å². The Labute approximate surface area is 128 Å². The Morgan fingerprint density at radius 2 is 1.94 bits per heavy atom. The molecule has 0 aromatic heterocycles. The van der Waals surface area contributed by atoms with Crippen LogP contribution in [-0.4, -0.2) is 23.4 Å². The fourth-order valence-electron chi connectivity index (χ4n) is 1.01. The third kappa shape index (κ3) is 3.87. The van der Waals surface area contributed by atoms with Gasteiger partial charge < -0.3 is 9.84 Å². The first-order valence-electron chi connectivity index (χ1n) is 4.58. The largest absolute Gasteiger partial charge is 0.506 e. The number of benzene rings is 1. The number of ether oxygens (including phenoxy) is 1. The lowest BCUT2D eigenvalue weighted by Gasteiger charge is -2.17. The van der Waals surface area contributed by atoms with E-state index in [1.54, 1.807) is 28.7 Å². The molecule has 100 valence electrons. The number of alkyl halides is 3. The zero-order valence-corrected chi connectivity index (χ0v) is 13.2. The van der Waals surface area contributed by atoms with E-state index in [-0.39, 0.29) is 11.3 Å². The van der Waals surface area contributed by atoms with Crippen molar-refractivity contribution in [2.75, 3.05) is 0 Å². The van der Waals surface area contributed by atoms with Crippen molar-refractivity contribution in [3.05, 3.63) is 24.8 Å². The van der Waals surface area contributed by atoms with Crippen LogP contribution in [0.25, 0.3) is 0 Å². The van der Waals surface area contributed by atoms with Crippen LogP contribution in [0.15, 0.2) is 12.1 Å². The maximum atomic E-state index is 12.2. The van der Waals surface area contributed by atoms with Crippen LogP contribution >= 0.6 is 45.2 Å². The molecule has 0 fully saturated rings. The summed E-state index contributed by atoms with van der Waals surface area (Å²) >= 11 is 3.66. The average Bonchev–Trinajstić information content (AvgIpc) is 2.21. The summed E-state index contributed by atoms with van der Waals surface area (Å²) in [5.74, 6) is -1.58. The number of carbonyl (C=O) groups is 1. The van der Waals surface area contributed by atoms with Crippen molar-refractivity contribution in [1.82, 2.24) is 0 Å². The molecule has 8 heteroatoms. The van der Waals surface area contributed by atoms with Crippen molar-refractivity contribution < 1.29 is 27.8 Å². The van der Waals surface area contributed by atoms with Crippen molar-refractivity contribution in [3.63, 3.8) is 0 Å². The van der Waals surface area contributed by atoms with Crippen molar-refractivity contribution in [3.8, 4) is 5.75 Å². The van der Waals surface area contributed by atoms with Gasteiger partial charge in [0.25, 0.3) is 0 Å². The van der Waals surface area contributed by atoms with E-state index in [4.69, 9.17) is 0 Å². The van der Waals surface area contributed by atoms with Gasteiger partial charge in [0, 0.05) is 3.57 Å². The molecular formula is C10H7F3I2O3. The zero-order chi connectivity index (χ0) is 14.1. The van der Waals surface area contributed by atoms with Gasteiger partial charge in [-0.25, -0.2) is 4.79 Å². The highest BCUT2D eigenvalue weighted by Gasteiger charge is 2.39. The number of carbonyl (C=O) groups excluding carboxylic acids is 1. The number of aromatic hydroxyl groups is 1. The van der Waals surface area contributed by atoms with Crippen molar-refractivity contribution in [2.24, 2.45) is 0 Å². The second-order valence-corrected chi connectivity index (χ2v) is 5.78. The molecule has 1 unspecified atom stereocenters. The van der Waals surface area contributed by atoms with Gasteiger partial charge in [-0.05, 0) is 64.2 Å². The van der Waals surface area contributed by atoms with E-state index in [1.807, 2.05) is 22.6 Å². The van der Waals surface area contributed by atoms with Gasteiger partial charge in [0.2, 0.25) is 0 Å². The zero-order valence-electron chi connectivity index (χ0n) is 8.89. The van der Waals surface area contributed by atoms with Gasteiger partial charge in [0.1, 0.15) is 11.3 Å². The topological polar surface area (TPSA) is 46.5 Å². The number of hydrogen-bond donors (Lipinski definition) is 1. The monoisotopic (exact) mass is 486 g/mol. The minimum absolute atomic E-state index is 0.276. The Kier molecular flexibility index (Phi) is 5.09. The van der Waals surface area contributed by atoms with Crippen LogP contribution in [-0.2, 0) is 4.74 Å². The van der Waals surface area contributed by atoms with Gasteiger partial charge in [-0.1, -0.05) is 0 Å². The highest BCUT2D eigenvalue weighted by atomic mass is 127. The molecule has 0 saturated heterocycles.